The summed E-state index contributed by atoms with van der Waals surface area (Å²) >= 11 is 0. The molecule has 1 aliphatic carbocycles. The van der Waals surface area contributed by atoms with Gasteiger partial charge in [0.2, 0.25) is 10.0 Å². The Labute approximate surface area is 129 Å². The largest absolute Gasteiger partial charge is 0.482 e. The zero-order valence-corrected chi connectivity index (χ0v) is 13.1. The number of hydrogen-bond acceptors (Lipinski definition) is 4. The predicted octanol–water partition coefficient (Wildman–Crippen LogP) is 1.93. The zero-order chi connectivity index (χ0) is 16.2. The van der Waals surface area contributed by atoms with Gasteiger partial charge < -0.3 is 9.84 Å². The third kappa shape index (κ3) is 4.57. The summed E-state index contributed by atoms with van der Waals surface area (Å²) in [7, 11) is -3.58. The van der Waals surface area contributed by atoms with E-state index in [0.717, 1.165) is 12.8 Å². The normalized spacial score (nSPS) is 18.6. The SMILES string of the molecule is CC1=CCC(NS(=O)(=O)c2ccc(OCC(=O)O)cc2)CC1. The molecule has 22 heavy (non-hydrogen) atoms. The standard InChI is InChI=1S/C15H19NO5S/c1-11-2-4-12(5-3-11)16-22(19,20)14-8-6-13(7-9-14)21-10-15(17)18/h2,6-9,12,16H,3-5,10H2,1H3,(H,17,18). The van der Waals surface area contributed by atoms with Crippen LogP contribution in [0.1, 0.15) is 26.2 Å². The molecule has 0 saturated carbocycles. The molecule has 6 nitrogen and oxygen atoms in total. The maximum Gasteiger partial charge on any atom is 0.341 e. The fraction of sp³-hybridized carbons (Fsp3) is 0.400. The molecule has 0 spiro atoms. The van der Waals surface area contributed by atoms with Crippen molar-refractivity contribution in [2.45, 2.75) is 37.1 Å². The molecule has 0 radical (unpaired) electrons. The second-order valence-corrected chi connectivity index (χ2v) is 7.01. The first kappa shape index (κ1) is 16.5. The fourth-order valence-corrected chi connectivity index (χ4v) is 3.50. The number of hydrogen-bond donors (Lipinski definition) is 2. The van der Waals surface area contributed by atoms with Crippen LogP contribution in [0.25, 0.3) is 0 Å². The second-order valence-electron chi connectivity index (χ2n) is 5.30. The van der Waals surface area contributed by atoms with Gasteiger partial charge in [-0.15, -0.1) is 0 Å². The summed E-state index contributed by atoms with van der Waals surface area (Å²) in [5, 5.41) is 8.52. The van der Waals surface area contributed by atoms with Gasteiger partial charge in [0.1, 0.15) is 5.75 Å². The lowest BCUT2D eigenvalue weighted by Gasteiger charge is -2.21. The quantitative estimate of drug-likeness (QED) is 0.780. The van der Waals surface area contributed by atoms with Gasteiger partial charge in [-0.05, 0) is 50.5 Å². The molecule has 1 aromatic carbocycles. The van der Waals surface area contributed by atoms with Crippen LogP contribution in [0.2, 0.25) is 0 Å². The first-order valence-electron chi connectivity index (χ1n) is 6.99. The van der Waals surface area contributed by atoms with Gasteiger partial charge >= 0.3 is 5.97 Å². The van der Waals surface area contributed by atoms with Crippen LogP contribution in [0, 0.1) is 0 Å². The average Bonchev–Trinajstić information content (AvgIpc) is 2.48. The third-order valence-corrected chi connectivity index (χ3v) is 4.99. The smallest absolute Gasteiger partial charge is 0.341 e. The molecule has 0 aliphatic heterocycles. The third-order valence-electron chi connectivity index (χ3n) is 3.46. The van der Waals surface area contributed by atoms with Crippen LogP contribution in [-0.2, 0) is 14.8 Å². The molecule has 2 N–H and O–H groups in total. The Morgan fingerprint density at radius 3 is 2.59 bits per heavy atom. The van der Waals surface area contributed by atoms with Crippen molar-refractivity contribution < 1.29 is 23.1 Å². The minimum Gasteiger partial charge on any atom is -0.482 e. The Bertz CT molecular complexity index is 664. The van der Waals surface area contributed by atoms with Gasteiger partial charge in [-0.1, -0.05) is 11.6 Å². The summed E-state index contributed by atoms with van der Waals surface area (Å²) in [6.45, 7) is 1.58. The van der Waals surface area contributed by atoms with E-state index in [1.54, 1.807) is 0 Å². The van der Waals surface area contributed by atoms with Crippen molar-refractivity contribution in [2.75, 3.05) is 6.61 Å². The summed E-state index contributed by atoms with van der Waals surface area (Å²) in [6.07, 6.45) is 4.45. The highest BCUT2D eigenvalue weighted by molar-refractivity contribution is 7.89. The van der Waals surface area contributed by atoms with E-state index in [0.29, 0.717) is 12.2 Å². The predicted molar refractivity (Wildman–Crippen MR) is 81.3 cm³/mol. The Morgan fingerprint density at radius 1 is 1.36 bits per heavy atom. The van der Waals surface area contributed by atoms with Crippen LogP contribution in [0.15, 0.2) is 40.8 Å². The number of allylic oxidation sites excluding steroid dienone is 1. The van der Waals surface area contributed by atoms with Crippen LogP contribution >= 0.6 is 0 Å². The maximum absolute atomic E-state index is 12.3. The molecule has 0 heterocycles. The van der Waals surface area contributed by atoms with E-state index in [2.05, 4.69) is 10.8 Å². The van der Waals surface area contributed by atoms with Crippen molar-refractivity contribution in [3.05, 3.63) is 35.9 Å². The summed E-state index contributed by atoms with van der Waals surface area (Å²) in [5.41, 5.74) is 1.29. The molecule has 120 valence electrons. The number of carboxylic acid groups (broad SMARTS) is 1. The Morgan fingerprint density at radius 2 is 2.05 bits per heavy atom. The maximum atomic E-state index is 12.3. The number of sulfonamides is 1. The number of ether oxygens (including phenoxy) is 1. The molecular weight excluding hydrogens is 306 g/mol. The average molecular weight is 325 g/mol. The molecule has 1 atom stereocenters. The van der Waals surface area contributed by atoms with Crippen LogP contribution in [-0.4, -0.2) is 32.1 Å². The number of rotatable bonds is 6. The Hall–Kier alpha value is -1.86. The molecule has 2 rings (SSSR count). The molecule has 7 heteroatoms. The van der Waals surface area contributed by atoms with Crippen molar-refractivity contribution in [3.63, 3.8) is 0 Å². The molecule has 0 fully saturated rings. The van der Waals surface area contributed by atoms with Gasteiger partial charge in [0, 0.05) is 6.04 Å². The molecule has 0 amide bonds. The Balaban J connectivity index is 2.01. The Kier molecular flexibility index (Phi) is 5.20. The van der Waals surface area contributed by atoms with E-state index in [9.17, 15) is 13.2 Å². The number of carboxylic acids is 1. The summed E-state index contributed by atoms with van der Waals surface area (Å²) < 4.78 is 32.3. The zero-order valence-electron chi connectivity index (χ0n) is 12.3. The lowest BCUT2D eigenvalue weighted by Crippen LogP contribution is -2.35. The van der Waals surface area contributed by atoms with Crippen LogP contribution < -0.4 is 9.46 Å². The van der Waals surface area contributed by atoms with Gasteiger partial charge in [-0.3, -0.25) is 0 Å². The van der Waals surface area contributed by atoms with Gasteiger partial charge in [0.25, 0.3) is 0 Å². The van der Waals surface area contributed by atoms with Crippen molar-refractivity contribution in [1.82, 2.24) is 4.72 Å². The van der Waals surface area contributed by atoms with Crippen LogP contribution in [0.4, 0.5) is 0 Å². The van der Waals surface area contributed by atoms with E-state index < -0.39 is 22.6 Å². The minimum atomic E-state index is -3.58. The van der Waals surface area contributed by atoms with E-state index in [4.69, 9.17) is 9.84 Å². The lowest BCUT2D eigenvalue weighted by molar-refractivity contribution is -0.139. The number of benzene rings is 1. The first-order valence-corrected chi connectivity index (χ1v) is 8.48. The molecular formula is C15H19NO5S. The molecule has 0 aromatic heterocycles. The molecule has 1 aliphatic rings. The van der Waals surface area contributed by atoms with E-state index in [1.807, 2.05) is 6.92 Å². The molecule has 1 aromatic rings. The number of carbonyl (C=O) groups is 1. The summed E-state index contributed by atoms with van der Waals surface area (Å²) in [5.74, 6) is -0.767. The van der Waals surface area contributed by atoms with Crippen molar-refractivity contribution in [3.8, 4) is 5.75 Å². The molecule has 0 bridgehead atoms. The second kappa shape index (κ2) is 6.93. The topological polar surface area (TPSA) is 92.7 Å². The molecule has 0 saturated heterocycles. The van der Waals surface area contributed by atoms with Gasteiger partial charge in [0.05, 0.1) is 4.90 Å². The van der Waals surface area contributed by atoms with Crippen molar-refractivity contribution >= 4 is 16.0 Å². The highest BCUT2D eigenvalue weighted by atomic mass is 32.2. The van der Waals surface area contributed by atoms with Gasteiger partial charge in [-0.25, -0.2) is 17.9 Å². The van der Waals surface area contributed by atoms with Crippen LogP contribution in [0.3, 0.4) is 0 Å². The highest BCUT2D eigenvalue weighted by Crippen LogP contribution is 2.21. The van der Waals surface area contributed by atoms with Crippen molar-refractivity contribution in [1.29, 1.82) is 0 Å². The monoisotopic (exact) mass is 325 g/mol. The lowest BCUT2D eigenvalue weighted by atomic mass is 9.97. The first-order chi connectivity index (χ1) is 10.4. The van der Waals surface area contributed by atoms with E-state index >= 15 is 0 Å². The fourth-order valence-electron chi connectivity index (χ4n) is 2.22. The summed E-state index contributed by atoms with van der Waals surface area (Å²) in [6, 6.07) is 5.62. The van der Waals surface area contributed by atoms with E-state index in [-0.39, 0.29) is 10.9 Å². The van der Waals surface area contributed by atoms with Crippen LogP contribution in [0.5, 0.6) is 5.75 Å². The minimum absolute atomic E-state index is 0.0864. The number of aliphatic carboxylic acids is 1. The van der Waals surface area contributed by atoms with Gasteiger partial charge in [0.15, 0.2) is 6.61 Å². The molecule has 1 unspecified atom stereocenters. The highest BCUT2D eigenvalue weighted by Gasteiger charge is 2.21. The van der Waals surface area contributed by atoms with E-state index in [1.165, 1.54) is 29.8 Å². The number of nitrogens with one attached hydrogen (secondary N) is 1. The van der Waals surface area contributed by atoms with Crippen molar-refractivity contribution in [2.24, 2.45) is 0 Å². The summed E-state index contributed by atoms with van der Waals surface area (Å²) in [4.78, 5) is 10.5. The van der Waals surface area contributed by atoms with Gasteiger partial charge in [-0.2, -0.15) is 0 Å².